The van der Waals surface area contributed by atoms with Gasteiger partial charge in [0.2, 0.25) is 0 Å². The van der Waals surface area contributed by atoms with Crippen LogP contribution in [0.25, 0.3) is 11.3 Å². The summed E-state index contributed by atoms with van der Waals surface area (Å²) in [5.74, 6) is -0.371. The number of aryl methyl sites for hydroxylation is 1. The maximum atomic E-state index is 11.8. The monoisotopic (exact) mass is 348 g/mol. The van der Waals surface area contributed by atoms with Crippen molar-refractivity contribution in [1.29, 1.82) is 0 Å². The smallest absolute Gasteiger partial charge is 0.413 e. The van der Waals surface area contributed by atoms with E-state index in [1.165, 1.54) is 18.4 Å². The lowest BCUT2D eigenvalue weighted by Gasteiger charge is -2.18. The van der Waals surface area contributed by atoms with Gasteiger partial charge in [-0.05, 0) is 45.4 Å². The molecule has 128 valence electrons. The van der Waals surface area contributed by atoms with E-state index in [4.69, 9.17) is 9.47 Å². The molecule has 2 rings (SSSR count). The van der Waals surface area contributed by atoms with E-state index in [9.17, 15) is 9.59 Å². The van der Waals surface area contributed by atoms with Crippen LogP contribution in [0.15, 0.2) is 23.6 Å². The van der Waals surface area contributed by atoms with Crippen molar-refractivity contribution < 1.29 is 19.1 Å². The SMILES string of the molecule is COC(=O)c1ccc(-c2csc(NC(=O)OC(C)(C)C)n2)cc1C. The first kappa shape index (κ1) is 17.9. The molecule has 1 heterocycles. The zero-order valence-corrected chi connectivity index (χ0v) is 15.1. The number of nitrogens with one attached hydrogen (secondary N) is 1. The number of esters is 1. The molecule has 1 N–H and O–H groups in total. The second-order valence-corrected chi connectivity index (χ2v) is 7.04. The molecule has 6 nitrogen and oxygen atoms in total. The van der Waals surface area contributed by atoms with Crippen molar-refractivity contribution in [2.75, 3.05) is 12.4 Å². The fourth-order valence-electron chi connectivity index (χ4n) is 2.02. The molecule has 1 amide bonds. The number of hydrogen-bond donors (Lipinski definition) is 1. The Hall–Kier alpha value is -2.41. The van der Waals surface area contributed by atoms with E-state index in [1.807, 2.05) is 18.4 Å². The molecular formula is C17H20N2O4S. The molecule has 0 aliphatic heterocycles. The van der Waals surface area contributed by atoms with Crippen molar-refractivity contribution in [3.05, 3.63) is 34.7 Å². The second-order valence-electron chi connectivity index (χ2n) is 6.19. The number of aromatic nitrogens is 1. The summed E-state index contributed by atoms with van der Waals surface area (Å²) < 4.78 is 9.93. The molecule has 0 unspecified atom stereocenters. The first-order valence-corrected chi connectivity index (χ1v) is 8.22. The van der Waals surface area contributed by atoms with Gasteiger partial charge in [-0.2, -0.15) is 0 Å². The van der Waals surface area contributed by atoms with Gasteiger partial charge in [0, 0.05) is 10.9 Å². The molecule has 0 saturated carbocycles. The van der Waals surface area contributed by atoms with Crippen LogP contribution in [0, 0.1) is 6.92 Å². The van der Waals surface area contributed by atoms with Crippen molar-refractivity contribution in [3.63, 3.8) is 0 Å². The zero-order chi connectivity index (χ0) is 17.9. The third-order valence-electron chi connectivity index (χ3n) is 3.04. The Morgan fingerprint density at radius 3 is 2.54 bits per heavy atom. The highest BCUT2D eigenvalue weighted by atomic mass is 32.1. The molecule has 0 fully saturated rings. The lowest BCUT2D eigenvalue weighted by Crippen LogP contribution is -2.27. The van der Waals surface area contributed by atoms with Crippen molar-refractivity contribution in [2.45, 2.75) is 33.3 Å². The number of nitrogens with zero attached hydrogens (tertiary/aromatic N) is 1. The minimum absolute atomic E-state index is 0.371. The number of rotatable bonds is 3. The summed E-state index contributed by atoms with van der Waals surface area (Å²) in [4.78, 5) is 27.8. The van der Waals surface area contributed by atoms with Gasteiger partial charge in [-0.25, -0.2) is 14.6 Å². The average molecular weight is 348 g/mol. The Balaban J connectivity index is 2.15. The van der Waals surface area contributed by atoms with Gasteiger partial charge in [0.25, 0.3) is 0 Å². The predicted octanol–water partition coefficient (Wildman–Crippen LogP) is 4.25. The fourth-order valence-corrected chi connectivity index (χ4v) is 2.72. The Morgan fingerprint density at radius 1 is 1.25 bits per heavy atom. The molecule has 1 aromatic heterocycles. The van der Waals surface area contributed by atoms with Gasteiger partial charge in [-0.1, -0.05) is 6.07 Å². The molecule has 0 bridgehead atoms. The van der Waals surface area contributed by atoms with E-state index in [1.54, 1.807) is 32.9 Å². The first-order valence-electron chi connectivity index (χ1n) is 7.34. The lowest BCUT2D eigenvalue weighted by molar-refractivity contribution is 0.0597. The molecule has 1 aromatic carbocycles. The standard InChI is InChI=1S/C17H20N2O4S/c1-10-8-11(6-7-12(10)14(20)22-5)13-9-24-15(18-13)19-16(21)23-17(2,3)4/h6-9H,1-5H3,(H,18,19,21). The minimum Gasteiger partial charge on any atom is -0.465 e. The van der Waals surface area contributed by atoms with E-state index < -0.39 is 11.7 Å². The van der Waals surface area contributed by atoms with Crippen LogP contribution in [-0.2, 0) is 9.47 Å². The number of amides is 1. The largest absolute Gasteiger partial charge is 0.465 e. The molecule has 24 heavy (non-hydrogen) atoms. The average Bonchev–Trinajstić information content (AvgIpc) is 2.92. The summed E-state index contributed by atoms with van der Waals surface area (Å²) in [6, 6.07) is 5.36. The Kier molecular flexibility index (Phi) is 5.23. The highest BCUT2D eigenvalue weighted by Gasteiger charge is 2.17. The molecule has 0 aliphatic carbocycles. The van der Waals surface area contributed by atoms with Crippen LogP contribution in [0.1, 0.15) is 36.7 Å². The van der Waals surface area contributed by atoms with Gasteiger partial charge >= 0.3 is 12.1 Å². The van der Waals surface area contributed by atoms with Crippen LogP contribution in [-0.4, -0.2) is 29.8 Å². The van der Waals surface area contributed by atoms with Gasteiger partial charge in [-0.15, -0.1) is 11.3 Å². The number of ether oxygens (including phenoxy) is 2. The second kappa shape index (κ2) is 7.00. The summed E-state index contributed by atoms with van der Waals surface area (Å²) in [5, 5.41) is 4.90. The number of benzene rings is 1. The predicted molar refractivity (Wildman–Crippen MR) is 93.5 cm³/mol. The van der Waals surface area contributed by atoms with E-state index in [0.717, 1.165) is 11.1 Å². The summed E-state index contributed by atoms with van der Waals surface area (Å²) in [5.41, 5.74) is 2.32. The highest BCUT2D eigenvalue weighted by Crippen LogP contribution is 2.27. The van der Waals surface area contributed by atoms with Gasteiger partial charge in [0.15, 0.2) is 5.13 Å². The topological polar surface area (TPSA) is 77.5 Å². The van der Waals surface area contributed by atoms with Gasteiger partial charge in [-0.3, -0.25) is 5.32 Å². The van der Waals surface area contributed by atoms with E-state index in [-0.39, 0.29) is 5.97 Å². The third-order valence-corrected chi connectivity index (χ3v) is 3.80. The molecule has 0 aliphatic rings. The van der Waals surface area contributed by atoms with Crippen LogP contribution in [0.4, 0.5) is 9.93 Å². The van der Waals surface area contributed by atoms with Crippen molar-refractivity contribution >= 4 is 28.5 Å². The summed E-state index contributed by atoms with van der Waals surface area (Å²) >= 11 is 1.30. The van der Waals surface area contributed by atoms with Crippen molar-refractivity contribution in [1.82, 2.24) is 4.98 Å². The molecule has 0 spiro atoms. The van der Waals surface area contributed by atoms with Gasteiger partial charge < -0.3 is 9.47 Å². The third kappa shape index (κ3) is 4.55. The Morgan fingerprint density at radius 2 is 1.96 bits per heavy atom. The zero-order valence-electron chi connectivity index (χ0n) is 14.3. The number of thiazole rings is 1. The first-order chi connectivity index (χ1) is 11.2. The fraction of sp³-hybridized carbons (Fsp3) is 0.353. The van der Waals surface area contributed by atoms with Crippen LogP contribution >= 0.6 is 11.3 Å². The van der Waals surface area contributed by atoms with Crippen LogP contribution in [0.3, 0.4) is 0 Å². The summed E-state index contributed by atoms with van der Waals surface area (Å²) in [7, 11) is 1.35. The Labute approximate surface area is 144 Å². The van der Waals surface area contributed by atoms with Gasteiger partial charge in [0.05, 0.1) is 18.4 Å². The van der Waals surface area contributed by atoms with Crippen molar-refractivity contribution in [2.24, 2.45) is 0 Å². The molecule has 0 radical (unpaired) electrons. The number of anilines is 1. The van der Waals surface area contributed by atoms with Gasteiger partial charge in [0.1, 0.15) is 5.60 Å². The van der Waals surface area contributed by atoms with Crippen LogP contribution < -0.4 is 5.32 Å². The number of methoxy groups -OCH3 is 1. The molecule has 0 saturated heterocycles. The summed E-state index contributed by atoms with van der Waals surface area (Å²) in [6.45, 7) is 7.23. The molecular weight excluding hydrogens is 328 g/mol. The summed E-state index contributed by atoms with van der Waals surface area (Å²) in [6.07, 6.45) is -0.541. The normalized spacial score (nSPS) is 11.0. The lowest BCUT2D eigenvalue weighted by atomic mass is 10.0. The van der Waals surface area contributed by atoms with E-state index in [2.05, 4.69) is 10.3 Å². The Bertz CT molecular complexity index is 762. The van der Waals surface area contributed by atoms with Crippen LogP contribution in [0.2, 0.25) is 0 Å². The maximum Gasteiger partial charge on any atom is 0.413 e. The molecule has 7 heteroatoms. The number of carbonyl (C=O) groups excluding carboxylic acids is 2. The van der Waals surface area contributed by atoms with E-state index >= 15 is 0 Å². The molecule has 0 atom stereocenters. The van der Waals surface area contributed by atoms with Crippen molar-refractivity contribution in [3.8, 4) is 11.3 Å². The van der Waals surface area contributed by atoms with Crippen LogP contribution in [0.5, 0.6) is 0 Å². The van der Waals surface area contributed by atoms with E-state index in [0.29, 0.717) is 16.4 Å². The maximum absolute atomic E-state index is 11.8. The quantitative estimate of drug-likeness (QED) is 0.839. The molecule has 2 aromatic rings. The minimum atomic E-state index is -0.564. The number of carbonyl (C=O) groups is 2. The highest BCUT2D eigenvalue weighted by molar-refractivity contribution is 7.14. The number of hydrogen-bond acceptors (Lipinski definition) is 6.